The van der Waals surface area contributed by atoms with Gasteiger partial charge in [0.25, 0.3) is 0 Å². The van der Waals surface area contributed by atoms with Gasteiger partial charge in [-0.2, -0.15) is 5.10 Å². The molecule has 0 radical (unpaired) electrons. The van der Waals surface area contributed by atoms with E-state index in [2.05, 4.69) is 23.5 Å². The van der Waals surface area contributed by atoms with Crippen molar-refractivity contribution in [2.45, 2.75) is 19.4 Å². The largest absolute Gasteiger partial charge is 0.497 e. The quantitative estimate of drug-likeness (QED) is 0.886. The van der Waals surface area contributed by atoms with Crippen molar-refractivity contribution in [3.8, 4) is 11.5 Å². The van der Waals surface area contributed by atoms with Crippen LogP contribution in [0.25, 0.3) is 0 Å². The molecule has 0 bridgehead atoms. The van der Waals surface area contributed by atoms with Crippen LogP contribution in [-0.4, -0.2) is 31.0 Å². The number of methoxy groups -OCH3 is 2. The summed E-state index contributed by atoms with van der Waals surface area (Å²) in [4.78, 5) is 0. The lowest BCUT2D eigenvalue weighted by atomic mass is 9.97. The van der Waals surface area contributed by atoms with Crippen molar-refractivity contribution >= 4 is 0 Å². The monoisotopic (exact) mass is 289 g/mol. The van der Waals surface area contributed by atoms with Gasteiger partial charge in [0.15, 0.2) is 0 Å². The van der Waals surface area contributed by atoms with E-state index in [9.17, 15) is 0 Å². The van der Waals surface area contributed by atoms with Crippen LogP contribution in [0, 0.1) is 0 Å². The molecule has 5 nitrogen and oxygen atoms in total. The van der Waals surface area contributed by atoms with Crippen LogP contribution < -0.4 is 14.8 Å². The molecular weight excluding hydrogens is 266 g/mol. The number of rotatable bonds is 6. The molecule has 5 heteroatoms. The van der Waals surface area contributed by atoms with Crippen LogP contribution in [0.1, 0.15) is 29.8 Å². The molecule has 0 aliphatic heterocycles. The topological polar surface area (TPSA) is 48.3 Å². The smallest absolute Gasteiger partial charge is 0.127 e. The van der Waals surface area contributed by atoms with E-state index >= 15 is 0 Å². The van der Waals surface area contributed by atoms with Gasteiger partial charge in [0.05, 0.1) is 26.0 Å². The summed E-state index contributed by atoms with van der Waals surface area (Å²) >= 11 is 0. The maximum Gasteiger partial charge on any atom is 0.127 e. The van der Waals surface area contributed by atoms with E-state index in [1.165, 1.54) is 5.56 Å². The van der Waals surface area contributed by atoms with Gasteiger partial charge in [0.1, 0.15) is 11.5 Å². The van der Waals surface area contributed by atoms with Gasteiger partial charge in [-0.1, -0.05) is 6.92 Å². The molecule has 21 heavy (non-hydrogen) atoms. The Morgan fingerprint density at radius 1 is 1.24 bits per heavy atom. The average molecular weight is 289 g/mol. The summed E-state index contributed by atoms with van der Waals surface area (Å²) in [7, 11) is 7.22. The molecule has 2 aromatic rings. The molecule has 1 unspecified atom stereocenters. The van der Waals surface area contributed by atoms with Gasteiger partial charge in [-0.25, -0.2) is 0 Å². The Hall–Kier alpha value is -2.01. The molecule has 0 aliphatic rings. The minimum absolute atomic E-state index is 0.0366. The fourth-order valence-corrected chi connectivity index (χ4v) is 2.60. The highest BCUT2D eigenvalue weighted by atomic mass is 16.5. The van der Waals surface area contributed by atoms with Crippen molar-refractivity contribution in [1.82, 2.24) is 15.1 Å². The lowest BCUT2D eigenvalue weighted by molar-refractivity contribution is 0.388. The molecule has 2 rings (SSSR count). The van der Waals surface area contributed by atoms with Crippen LogP contribution in [0.15, 0.2) is 24.4 Å². The van der Waals surface area contributed by atoms with Crippen LogP contribution in [0.3, 0.4) is 0 Å². The normalized spacial score (nSPS) is 12.2. The van der Waals surface area contributed by atoms with E-state index in [1.54, 1.807) is 14.2 Å². The van der Waals surface area contributed by atoms with Gasteiger partial charge in [0, 0.05) is 30.4 Å². The first-order chi connectivity index (χ1) is 10.1. The highest BCUT2D eigenvalue weighted by Gasteiger charge is 2.21. The predicted molar refractivity (Wildman–Crippen MR) is 83.0 cm³/mol. The highest BCUT2D eigenvalue weighted by molar-refractivity contribution is 5.46. The van der Waals surface area contributed by atoms with E-state index in [4.69, 9.17) is 9.47 Å². The summed E-state index contributed by atoms with van der Waals surface area (Å²) in [5.41, 5.74) is 3.34. The molecule has 0 amide bonds. The van der Waals surface area contributed by atoms with Gasteiger partial charge < -0.3 is 14.8 Å². The Labute approximate surface area is 125 Å². The van der Waals surface area contributed by atoms with Crippen molar-refractivity contribution in [2.24, 2.45) is 7.05 Å². The van der Waals surface area contributed by atoms with Crippen molar-refractivity contribution in [1.29, 1.82) is 0 Å². The van der Waals surface area contributed by atoms with Gasteiger partial charge in [-0.15, -0.1) is 0 Å². The van der Waals surface area contributed by atoms with E-state index in [1.807, 2.05) is 37.0 Å². The van der Waals surface area contributed by atoms with E-state index in [0.29, 0.717) is 0 Å². The summed E-state index contributed by atoms with van der Waals surface area (Å²) in [5, 5.41) is 7.88. The molecule has 0 saturated carbocycles. The minimum atomic E-state index is 0.0366. The van der Waals surface area contributed by atoms with Crippen LogP contribution >= 0.6 is 0 Å². The third kappa shape index (κ3) is 3.03. The van der Waals surface area contributed by atoms with Crippen LogP contribution in [0.2, 0.25) is 0 Å². The van der Waals surface area contributed by atoms with Crippen LogP contribution in [0.4, 0.5) is 0 Å². The van der Waals surface area contributed by atoms with Crippen molar-refractivity contribution in [3.63, 3.8) is 0 Å². The lowest BCUT2D eigenvalue weighted by Crippen LogP contribution is -2.19. The number of aromatic nitrogens is 2. The number of nitrogens with one attached hydrogen (secondary N) is 1. The van der Waals surface area contributed by atoms with Gasteiger partial charge in [-0.05, 0) is 25.6 Å². The zero-order valence-corrected chi connectivity index (χ0v) is 13.3. The number of benzene rings is 1. The summed E-state index contributed by atoms with van der Waals surface area (Å²) in [6, 6.07) is 5.92. The van der Waals surface area contributed by atoms with Crippen molar-refractivity contribution < 1.29 is 9.47 Å². The molecule has 0 aliphatic carbocycles. The molecular formula is C16H23N3O2. The van der Waals surface area contributed by atoms with Gasteiger partial charge >= 0.3 is 0 Å². The SMILES string of the molecule is CCc1nn(C)cc1C(NC)c1ccc(OC)cc1OC. The highest BCUT2D eigenvalue weighted by Crippen LogP contribution is 2.34. The molecule has 1 atom stereocenters. The third-order valence-electron chi connectivity index (χ3n) is 3.62. The summed E-state index contributed by atoms with van der Waals surface area (Å²) in [6.45, 7) is 2.11. The Kier molecular flexibility index (Phi) is 4.85. The Morgan fingerprint density at radius 2 is 2.00 bits per heavy atom. The molecule has 0 saturated heterocycles. The number of hydrogen-bond acceptors (Lipinski definition) is 4. The molecule has 1 aromatic heterocycles. The average Bonchev–Trinajstić information content (AvgIpc) is 2.89. The maximum atomic E-state index is 5.53. The fourth-order valence-electron chi connectivity index (χ4n) is 2.60. The van der Waals surface area contributed by atoms with E-state index < -0.39 is 0 Å². The predicted octanol–water partition coefficient (Wildman–Crippen LogP) is 2.31. The number of hydrogen-bond donors (Lipinski definition) is 1. The van der Waals surface area contributed by atoms with Crippen LogP contribution in [-0.2, 0) is 13.5 Å². The second-order valence-electron chi connectivity index (χ2n) is 4.89. The van der Waals surface area contributed by atoms with E-state index in [0.717, 1.165) is 29.2 Å². The van der Waals surface area contributed by atoms with Crippen molar-refractivity contribution in [2.75, 3.05) is 21.3 Å². The molecule has 114 valence electrons. The Morgan fingerprint density at radius 3 is 2.57 bits per heavy atom. The first kappa shape index (κ1) is 15.4. The lowest BCUT2D eigenvalue weighted by Gasteiger charge is -2.20. The summed E-state index contributed by atoms with van der Waals surface area (Å²) < 4.78 is 12.6. The second-order valence-corrected chi connectivity index (χ2v) is 4.89. The summed E-state index contributed by atoms with van der Waals surface area (Å²) in [5.74, 6) is 1.59. The Balaban J connectivity index is 2.50. The molecule has 1 aromatic carbocycles. The van der Waals surface area contributed by atoms with Crippen molar-refractivity contribution in [3.05, 3.63) is 41.2 Å². The third-order valence-corrected chi connectivity index (χ3v) is 3.62. The second kappa shape index (κ2) is 6.63. The van der Waals surface area contributed by atoms with Gasteiger partial charge in [0.2, 0.25) is 0 Å². The number of ether oxygens (including phenoxy) is 2. The number of nitrogens with zero attached hydrogens (tertiary/aromatic N) is 2. The van der Waals surface area contributed by atoms with E-state index in [-0.39, 0.29) is 6.04 Å². The summed E-state index contributed by atoms with van der Waals surface area (Å²) in [6.07, 6.45) is 2.95. The molecule has 0 fully saturated rings. The maximum absolute atomic E-state index is 5.53. The fraction of sp³-hybridized carbons (Fsp3) is 0.438. The van der Waals surface area contributed by atoms with Gasteiger partial charge in [-0.3, -0.25) is 4.68 Å². The first-order valence-electron chi connectivity index (χ1n) is 7.06. The molecule has 1 N–H and O–H groups in total. The number of aryl methyl sites for hydroxylation is 2. The zero-order chi connectivity index (χ0) is 15.4. The minimum Gasteiger partial charge on any atom is -0.497 e. The molecule has 1 heterocycles. The zero-order valence-electron chi connectivity index (χ0n) is 13.3. The first-order valence-corrected chi connectivity index (χ1v) is 7.06. The standard InChI is InChI=1S/C16H23N3O2/c1-6-14-13(10-19(3)18-14)16(17-2)12-8-7-11(20-4)9-15(12)21-5/h7-10,16-17H,6H2,1-5H3. The van der Waals surface area contributed by atoms with Crippen LogP contribution in [0.5, 0.6) is 11.5 Å². The molecule has 0 spiro atoms. The Bertz CT molecular complexity index is 608.